The molecule has 32 heavy (non-hydrogen) atoms. The summed E-state index contributed by atoms with van der Waals surface area (Å²) in [5, 5.41) is 10.6. The summed E-state index contributed by atoms with van der Waals surface area (Å²) >= 11 is 0. The van der Waals surface area contributed by atoms with Crippen LogP contribution >= 0.6 is 0 Å². The van der Waals surface area contributed by atoms with Crippen molar-refractivity contribution in [1.82, 2.24) is 4.57 Å². The Bertz CT molecular complexity index is 1100. The molecule has 0 fully saturated rings. The first-order chi connectivity index (χ1) is 15.4. The number of rotatable bonds is 9. The quantitative estimate of drug-likeness (QED) is 0.405. The molecule has 1 N–H and O–H groups in total. The van der Waals surface area contributed by atoms with E-state index < -0.39 is 6.29 Å². The Kier molecular flexibility index (Phi) is 7.66. The van der Waals surface area contributed by atoms with Crippen molar-refractivity contribution in [2.45, 2.75) is 39.9 Å². The number of hydrogen-bond acceptors (Lipinski definition) is 6. The number of benzene rings is 2. The van der Waals surface area contributed by atoms with Crippen LogP contribution in [-0.4, -0.2) is 48.2 Å². The Morgan fingerprint density at radius 2 is 1.78 bits per heavy atom. The van der Waals surface area contributed by atoms with E-state index in [4.69, 9.17) is 14.2 Å². The number of carbonyl (C=O) groups excluding carboxylic acids is 2. The molecule has 1 unspecified atom stereocenters. The maximum atomic E-state index is 13.4. The molecule has 2 aromatic carbocycles. The Balaban J connectivity index is 1.99. The van der Waals surface area contributed by atoms with Crippen molar-refractivity contribution in [1.29, 1.82) is 0 Å². The Morgan fingerprint density at radius 3 is 2.41 bits per heavy atom. The molecule has 0 amide bonds. The first-order valence-corrected chi connectivity index (χ1v) is 10.7. The molecular weight excluding hydrogens is 410 g/mol. The highest BCUT2D eigenvalue weighted by atomic mass is 16.6. The molecule has 0 saturated heterocycles. The molecule has 0 aliphatic heterocycles. The van der Waals surface area contributed by atoms with E-state index in [-0.39, 0.29) is 18.3 Å². The van der Waals surface area contributed by atoms with Crippen LogP contribution in [-0.2, 0) is 27.1 Å². The van der Waals surface area contributed by atoms with Gasteiger partial charge >= 0.3 is 5.97 Å². The molecule has 3 rings (SSSR count). The fourth-order valence-corrected chi connectivity index (χ4v) is 3.80. The molecule has 0 aliphatic rings. The third-order valence-corrected chi connectivity index (χ3v) is 5.34. The van der Waals surface area contributed by atoms with Crippen LogP contribution in [0.15, 0.2) is 42.5 Å². The van der Waals surface area contributed by atoms with Crippen LogP contribution in [0.2, 0.25) is 0 Å². The molecule has 0 spiro atoms. The molecule has 7 heteroatoms. The molecule has 0 radical (unpaired) electrons. The van der Waals surface area contributed by atoms with E-state index >= 15 is 0 Å². The zero-order valence-corrected chi connectivity index (χ0v) is 18.9. The van der Waals surface area contributed by atoms with Crippen molar-refractivity contribution >= 4 is 22.8 Å². The third kappa shape index (κ3) is 5.00. The van der Waals surface area contributed by atoms with Gasteiger partial charge in [0.1, 0.15) is 5.75 Å². The summed E-state index contributed by atoms with van der Waals surface area (Å²) in [6.07, 6.45) is -0.465. The number of aromatic nitrogens is 1. The van der Waals surface area contributed by atoms with E-state index in [2.05, 4.69) is 0 Å². The van der Waals surface area contributed by atoms with Crippen molar-refractivity contribution in [3.8, 4) is 5.75 Å². The van der Waals surface area contributed by atoms with Crippen molar-refractivity contribution in [2.24, 2.45) is 0 Å². The number of fused-ring (bicyclic) bond motifs is 1. The zero-order valence-electron chi connectivity index (χ0n) is 18.9. The first kappa shape index (κ1) is 23.5. The maximum Gasteiger partial charge on any atom is 0.310 e. The summed E-state index contributed by atoms with van der Waals surface area (Å²) in [6, 6.07) is 12.5. The fourth-order valence-electron chi connectivity index (χ4n) is 3.80. The van der Waals surface area contributed by atoms with Crippen LogP contribution in [0.1, 0.15) is 41.0 Å². The summed E-state index contributed by atoms with van der Waals surface area (Å²) in [7, 11) is 1.57. The van der Waals surface area contributed by atoms with Crippen LogP contribution in [0.3, 0.4) is 0 Å². The topological polar surface area (TPSA) is 87.0 Å². The van der Waals surface area contributed by atoms with Crippen molar-refractivity contribution in [3.05, 3.63) is 64.8 Å². The molecule has 170 valence electrons. The number of aliphatic hydroxyl groups excluding tert-OH is 1. The lowest BCUT2D eigenvalue weighted by Gasteiger charge is -2.11. The predicted octanol–water partition coefficient (Wildman–Crippen LogP) is 3.65. The summed E-state index contributed by atoms with van der Waals surface area (Å²) in [4.78, 5) is 25.6. The first-order valence-electron chi connectivity index (χ1n) is 10.7. The van der Waals surface area contributed by atoms with E-state index in [1.165, 1.54) is 0 Å². The molecule has 0 bridgehead atoms. The minimum Gasteiger partial charge on any atom is -0.497 e. The van der Waals surface area contributed by atoms with Crippen LogP contribution < -0.4 is 4.74 Å². The minimum absolute atomic E-state index is 0.0673. The second kappa shape index (κ2) is 10.4. The van der Waals surface area contributed by atoms with Gasteiger partial charge in [-0.25, -0.2) is 0 Å². The summed E-state index contributed by atoms with van der Waals surface area (Å²) < 4.78 is 17.3. The molecule has 7 nitrogen and oxygen atoms in total. The second-order valence-electron chi connectivity index (χ2n) is 7.38. The van der Waals surface area contributed by atoms with Crippen molar-refractivity contribution in [2.75, 3.05) is 20.3 Å². The van der Waals surface area contributed by atoms with Gasteiger partial charge in [-0.15, -0.1) is 0 Å². The number of aliphatic hydroxyl groups is 1. The standard InChI is InChI=1S/C25H29NO6/c1-5-31-23(27)13-17-7-9-18(10-8-17)25(29)26-16(3)20(15-24(28)32-6-2)21-14-19(30-4)11-12-22(21)26/h7-12,14,23,27H,5-6,13,15H2,1-4H3. The van der Waals surface area contributed by atoms with Gasteiger partial charge in [0, 0.05) is 29.7 Å². The molecule has 0 saturated carbocycles. The van der Waals surface area contributed by atoms with Gasteiger partial charge in [0.15, 0.2) is 6.29 Å². The van der Waals surface area contributed by atoms with Gasteiger partial charge in [-0.3, -0.25) is 14.2 Å². The van der Waals surface area contributed by atoms with Gasteiger partial charge in [-0.2, -0.15) is 0 Å². The van der Waals surface area contributed by atoms with E-state index in [1.54, 1.807) is 48.9 Å². The number of esters is 1. The van der Waals surface area contributed by atoms with E-state index in [0.29, 0.717) is 42.2 Å². The normalized spacial score (nSPS) is 12.0. The largest absolute Gasteiger partial charge is 0.497 e. The summed E-state index contributed by atoms with van der Waals surface area (Å²) in [6.45, 7) is 6.13. The monoisotopic (exact) mass is 439 g/mol. The molecule has 1 atom stereocenters. The Hall–Kier alpha value is -3.16. The van der Waals surface area contributed by atoms with Crippen LogP contribution in [0.4, 0.5) is 0 Å². The van der Waals surface area contributed by atoms with Gasteiger partial charge in [-0.1, -0.05) is 12.1 Å². The lowest BCUT2D eigenvalue weighted by molar-refractivity contribution is -0.142. The maximum absolute atomic E-state index is 13.4. The molecular formula is C25H29NO6. The number of methoxy groups -OCH3 is 1. The van der Waals surface area contributed by atoms with Gasteiger partial charge in [0.25, 0.3) is 5.91 Å². The number of hydrogen-bond donors (Lipinski definition) is 1. The average Bonchev–Trinajstić information content (AvgIpc) is 3.04. The molecule has 1 heterocycles. The van der Waals surface area contributed by atoms with Crippen molar-refractivity contribution in [3.63, 3.8) is 0 Å². The van der Waals surface area contributed by atoms with Crippen molar-refractivity contribution < 1.29 is 28.9 Å². The molecule has 1 aromatic heterocycles. The highest BCUT2D eigenvalue weighted by molar-refractivity contribution is 6.05. The third-order valence-electron chi connectivity index (χ3n) is 5.34. The van der Waals surface area contributed by atoms with E-state index in [9.17, 15) is 14.7 Å². The average molecular weight is 440 g/mol. The fraction of sp³-hybridized carbons (Fsp3) is 0.360. The number of carbonyl (C=O) groups is 2. The highest BCUT2D eigenvalue weighted by Gasteiger charge is 2.22. The summed E-state index contributed by atoms with van der Waals surface area (Å²) in [5.41, 5.74) is 3.48. The highest BCUT2D eigenvalue weighted by Crippen LogP contribution is 2.31. The summed E-state index contributed by atoms with van der Waals surface area (Å²) in [5.74, 6) is 0.0937. The van der Waals surface area contributed by atoms with E-state index in [1.807, 2.05) is 26.0 Å². The number of nitrogens with zero attached hydrogens (tertiary/aromatic N) is 1. The van der Waals surface area contributed by atoms with Gasteiger partial charge < -0.3 is 19.3 Å². The zero-order chi connectivity index (χ0) is 23.3. The van der Waals surface area contributed by atoms with Crippen LogP contribution in [0.5, 0.6) is 5.75 Å². The lowest BCUT2D eigenvalue weighted by atomic mass is 10.1. The van der Waals surface area contributed by atoms with Gasteiger partial charge in [0.2, 0.25) is 0 Å². The van der Waals surface area contributed by atoms with E-state index in [0.717, 1.165) is 16.5 Å². The smallest absolute Gasteiger partial charge is 0.310 e. The Labute approximate surface area is 187 Å². The molecule has 0 aliphatic carbocycles. The predicted molar refractivity (Wildman–Crippen MR) is 121 cm³/mol. The molecule has 3 aromatic rings. The number of ether oxygens (including phenoxy) is 3. The Morgan fingerprint density at radius 1 is 1.06 bits per heavy atom. The SMILES string of the molecule is CCOC(=O)Cc1c(C)n(C(=O)c2ccc(CC(O)OCC)cc2)c2ccc(OC)cc12. The van der Waals surface area contributed by atoms with Gasteiger partial charge in [0.05, 0.1) is 25.7 Å². The van der Waals surface area contributed by atoms with Gasteiger partial charge in [-0.05, 0) is 62.2 Å². The van der Waals surface area contributed by atoms with Crippen LogP contribution in [0.25, 0.3) is 10.9 Å². The minimum atomic E-state index is -0.877. The van der Waals surface area contributed by atoms with Crippen LogP contribution in [0, 0.1) is 6.92 Å². The second-order valence-corrected chi connectivity index (χ2v) is 7.38. The lowest BCUT2D eigenvalue weighted by Crippen LogP contribution is -2.16.